The monoisotopic (exact) mass is 206 g/mol. The van der Waals surface area contributed by atoms with Crippen LogP contribution in [0.1, 0.15) is 64.2 Å². The summed E-state index contributed by atoms with van der Waals surface area (Å²) in [6, 6.07) is 0. The molecule has 0 aliphatic heterocycles. The molecule has 0 N–H and O–H groups in total. The van der Waals surface area contributed by atoms with E-state index in [0.29, 0.717) is 0 Å². The summed E-state index contributed by atoms with van der Waals surface area (Å²) >= 11 is 0. The van der Waals surface area contributed by atoms with Crippen molar-refractivity contribution >= 4 is 0 Å². The van der Waals surface area contributed by atoms with Crippen LogP contribution in [-0.2, 0) is 0 Å². The first kappa shape index (κ1) is 12.5. The van der Waals surface area contributed by atoms with Crippen molar-refractivity contribution in [1.82, 2.24) is 0 Å². The molecule has 0 saturated heterocycles. The maximum Gasteiger partial charge on any atom is -0.0236 e. The molecule has 0 heterocycles. The third-order valence-corrected chi connectivity index (χ3v) is 3.54. The van der Waals surface area contributed by atoms with Crippen molar-refractivity contribution < 1.29 is 0 Å². The lowest BCUT2D eigenvalue weighted by atomic mass is 9.90. The van der Waals surface area contributed by atoms with Gasteiger partial charge in [0.1, 0.15) is 0 Å². The van der Waals surface area contributed by atoms with Crippen molar-refractivity contribution in [3.05, 3.63) is 24.8 Å². The second-order valence-corrected chi connectivity index (χ2v) is 4.94. The van der Waals surface area contributed by atoms with E-state index < -0.39 is 0 Å². The topological polar surface area (TPSA) is 0 Å². The second kappa shape index (κ2) is 7.73. The molecule has 0 radical (unpaired) electrons. The van der Waals surface area contributed by atoms with Crippen LogP contribution in [0.15, 0.2) is 24.8 Å². The molecule has 2 aliphatic rings. The van der Waals surface area contributed by atoms with Crippen LogP contribution in [-0.4, -0.2) is 0 Å². The van der Waals surface area contributed by atoms with Crippen LogP contribution in [0.2, 0.25) is 0 Å². The lowest BCUT2D eigenvalue weighted by Gasteiger charge is -2.16. The maximum absolute atomic E-state index is 3.91. The van der Waals surface area contributed by atoms with Crippen molar-refractivity contribution in [3.8, 4) is 0 Å². The first-order valence-electron chi connectivity index (χ1n) is 6.62. The number of allylic oxidation sites excluding steroid dienone is 2. The van der Waals surface area contributed by atoms with Gasteiger partial charge in [-0.05, 0) is 44.4 Å². The molecule has 86 valence electrons. The Kier molecular flexibility index (Phi) is 6.47. The van der Waals surface area contributed by atoms with E-state index in [0.717, 1.165) is 5.92 Å². The molecule has 2 aliphatic carbocycles. The summed E-state index contributed by atoms with van der Waals surface area (Å²) in [5.41, 5.74) is 1.46. The summed E-state index contributed by atoms with van der Waals surface area (Å²) < 4.78 is 0. The van der Waals surface area contributed by atoms with E-state index in [2.05, 4.69) is 19.2 Å². The first-order valence-corrected chi connectivity index (χ1v) is 6.62. The highest BCUT2D eigenvalue weighted by atomic mass is 14.1. The zero-order valence-electron chi connectivity index (χ0n) is 10.1. The smallest absolute Gasteiger partial charge is 0.0236 e. The number of rotatable bonds is 1. The minimum Gasteiger partial charge on any atom is -0.103 e. The van der Waals surface area contributed by atoms with Crippen LogP contribution < -0.4 is 0 Å². The van der Waals surface area contributed by atoms with Crippen LogP contribution in [0, 0.1) is 5.92 Å². The van der Waals surface area contributed by atoms with Crippen LogP contribution >= 0.6 is 0 Å². The van der Waals surface area contributed by atoms with Crippen molar-refractivity contribution in [3.63, 3.8) is 0 Å². The molecule has 2 saturated carbocycles. The van der Waals surface area contributed by atoms with Crippen molar-refractivity contribution in [1.29, 1.82) is 0 Å². The third-order valence-electron chi connectivity index (χ3n) is 3.54. The number of hydrogen-bond acceptors (Lipinski definition) is 0. The molecule has 0 amide bonds. The Bertz CT molecular complexity index is 176. The molecular weight excluding hydrogens is 180 g/mol. The molecule has 0 spiro atoms. The van der Waals surface area contributed by atoms with Gasteiger partial charge >= 0.3 is 0 Å². The summed E-state index contributed by atoms with van der Waals surface area (Å²) in [7, 11) is 0. The van der Waals surface area contributed by atoms with Gasteiger partial charge in [0.25, 0.3) is 0 Å². The Morgan fingerprint density at radius 2 is 1.40 bits per heavy atom. The zero-order chi connectivity index (χ0) is 10.9. The molecule has 0 unspecified atom stereocenters. The molecule has 0 aromatic heterocycles. The highest BCUT2D eigenvalue weighted by Gasteiger charge is 2.07. The normalized spacial score (nSPS) is 22.8. The van der Waals surface area contributed by atoms with Crippen molar-refractivity contribution in [2.24, 2.45) is 5.92 Å². The molecule has 0 nitrogen and oxygen atoms in total. The molecule has 15 heavy (non-hydrogen) atoms. The fraction of sp³-hybridized carbons (Fsp3) is 0.733. The SMILES string of the molecule is C=C1CCCCC1.C=CC1CCCCC1. The van der Waals surface area contributed by atoms with E-state index in [9.17, 15) is 0 Å². The van der Waals surface area contributed by atoms with Crippen LogP contribution in [0.3, 0.4) is 0 Å². The Hall–Kier alpha value is -0.520. The Labute approximate surface area is 95.5 Å². The van der Waals surface area contributed by atoms with E-state index in [1.54, 1.807) is 0 Å². The van der Waals surface area contributed by atoms with Gasteiger partial charge < -0.3 is 0 Å². The maximum atomic E-state index is 3.91. The van der Waals surface area contributed by atoms with E-state index in [4.69, 9.17) is 0 Å². The fourth-order valence-electron chi connectivity index (χ4n) is 2.42. The molecule has 0 heteroatoms. The summed E-state index contributed by atoms with van der Waals surface area (Å²) in [6.07, 6.45) is 16.0. The van der Waals surface area contributed by atoms with Gasteiger partial charge in [-0.15, -0.1) is 6.58 Å². The van der Waals surface area contributed by atoms with Gasteiger partial charge in [0.2, 0.25) is 0 Å². The first-order chi connectivity index (χ1) is 7.33. The Morgan fingerprint density at radius 3 is 1.73 bits per heavy atom. The van der Waals surface area contributed by atoms with Gasteiger partial charge in [-0.25, -0.2) is 0 Å². The lowest BCUT2D eigenvalue weighted by Crippen LogP contribution is -2.01. The summed E-state index contributed by atoms with van der Waals surface area (Å²) in [5, 5.41) is 0. The van der Waals surface area contributed by atoms with E-state index in [1.807, 2.05) is 0 Å². The van der Waals surface area contributed by atoms with E-state index in [1.165, 1.54) is 69.8 Å². The minimum atomic E-state index is 0.851. The van der Waals surface area contributed by atoms with Gasteiger partial charge in [-0.1, -0.05) is 43.9 Å². The molecule has 0 aromatic rings. The molecule has 0 aromatic carbocycles. The third kappa shape index (κ3) is 5.81. The average Bonchev–Trinajstić information content (AvgIpc) is 2.32. The quantitative estimate of drug-likeness (QED) is 0.513. The molecule has 0 bridgehead atoms. The van der Waals surface area contributed by atoms with Crippen LogP contribution in [0.4, 0.5) is 0 Å². The Morgan fingerprint density at radius 1 is 0.867 bits per heavy atom. The van der Waals surface area contributed by atoms with Crippen molar-refractivity contribution in [2.75, 3.05) is 0 Å². The molecule has 2 rings (SSSR count). The van der Waals surface area contributed by atoms with Crippen LogP contribution in [0.5, 0.6) is 0 Å². The predicted octanol–water partition coefficient (Wildman–Crippen LogP) is 5.26. The predicted molar refractivity (Wildman–Crippen MR) is 69.0 cm³/mol. The fourth-order valence-corrected chi connectivity index (χ4v) is 2.42. The highest BCUT2D eigenvalue weighted by molar-refractivity contribution is 4.95. The minimum absolute atomic E-state index is 0.851. The standard InChI is InChI=1S/C8H14.C7H12/c1-2-8-6-4-3-5-7-8;1-7-5-3-2-4-6-7/h2,8H,1,3-7H2;1-6H2. The second-order valence-electron chi connectivity index (χ2n) is 4.94. The van der Waals surface area contributed by atoms with Gasteiger partial charge in [-0.3, -0.25) is 0 Å². The largest absolute Gasteiger partial charge is 0.103 e. The van der Waals surface area contributed by atoms with Gasteiger partial charge in [0.05, 0.1) is 0 Å². The molecule has 0 atom stereocenters. The van der Waals surface area contributed by atoms with Crippen molar-refractivity contribution in [2.45, 2.75) is 64.2 Å². The zero-order valence-corrected chi connectivity index (χ0v) is 10.1. The van der Waals surface area contributed by atoms with Gasteiger partial charge in [-0.2, -0.15) is 0 Å². The molecular formula is C15H26. The number of hydrogen-bond donors (Lipinski definition) is 0. The summed E-state index contributed by atoms with van der Waals surface area (Å²) in [5.74, 6) is 0.851. The van der Waals surface area contributed by atoms with Crippen LogP contribution in [0.25, 0.3) is 0 Å². The lowest BCUT2D eigenvalue weighted by molar-refractivity contribution is 0.420. The summed E-state index contributed by atoms with van der Waals surface area (Å²) in [6.45, 7) is 7.70. The summed E-state index contributed by atoms with van der Waals surface area (Å²) in [4.78, 5) is 0. The van der Waals surface area contributed by atoms with E-state index >= 15 is 0 Å². The highest BCUT2D eigenvalue weighted by Crippen LogP contribution is 2.23. The van der Waals surface area contributed by atoms with E-state index in [-0.39, 0.29) is 0 Å². The average molecular weight is 206 g/mol. The van der Waals surface area contributed by atoms with Gasteiger partial charge in [0, 0.05) is 0 Å². The van der Waals surface area contributed by atoms with Gasteiger partial charge in [0.15, 0.2) is 0 Å². The molecule has 2 fully saturated rings. The Balaban J connectivity index is 0.000000151.